The highest BCUT2D eigenvalue weighted by Gasteiger charge is 2.57. The van der Waals surface area contributed by atoms with Crippen LogP contribution in [-0.2, 0) is 46.3 Å². The molecule has 6 N–H and O–H groups in total. The fourth-order valence-corrected chi connectivity index (χ4v) is 14.9. The second kappa shape index (κ2) is 22.1. The summed E-state index contributed by atoms with van der Waals surface area (Å²) in [6.07, 6.45) is 4.68. The molecule has 2 aliphatic carbocycles. The van der Waals surface area contributed by atoms with Crippen LogP contribution in [0.3, 0.4) is 0 Å². The predicted molar refractivity (Wildman–Crippen MR) is 279 cm³/mol. The van der Waals surface area contributed by atoms with E-state index in [0.29, 0.717) is 62.5 Å². The number of likely N-dealkylation sites (N-methyl/N-ethyl adjacent to an activating group) is 2. The van der Waals surface area contributed by atoms with Crippen molar-refractivity contribution in [2.24, 2.45) is 10.8 Å². The molecule has 4 aliphatic heterocycles. The predicted octanol–water partition coefficient (Wildman–Crippen LogP) is 4.53. The summed E-state index contributed by atoms with van der Waals surface area (Å²) in [5.74, 6) is 0.566. The fourth-order valence-electron chi connectivity index (χ4n) is 11.5. The number of unbranched alkanes of at least 4 members (excludes halogenated alkanes) is 1. The van der Waals surface area contributed by atoms with Gasteiger partial charge in [-0.25, -0.2) is 0 Å². The van der Waals surface area contributed by atoms with E-state index in [4.69, 9.17) is 21.7 Å². The standard InChI is InChI=1S/C52H74N8O7S3/c1-29(53-7)45(61)55-35-19-23-69-39-27-51(3,4)43(59(39)49(35)64)46(62)57-41-33-17-11-9-15-31(33)25-37(41)66-21-13-14-22-67-38-26-32-16-10-12-18-34(32)42(38)58-47(63)44-52(5,6)28-40-60(44)50(65)36(20-24-70-40)56-48(68)30(2)54-8/h9-12,15-18,29-30,35-44,53-54H,13-14,19-28H2,1-8H3,(H,55,61)(H,56,68)(H,57,62)(H,58,63)/t29-,30-,35-,36-,37+,38+,39-,40-,41-,42-,43+,44+/m0/s1. The lowest BCUT2D eigenvalue weighted by Gasteiger charge is -2.35. The summed E-state index contributed by atoms with van der Waals surface area (Å²) < 4.78 is 13.3. The zero-order valence-corrected chi connectivity index (χ0v) is 44.5. The molecule has 12 atom stereocenters. The van der Waals surface area contributed by atoms with E-state index in [2.05, 4.69) is 77.8 Å². The molecule has 0 spiro atoms. The minimum atomic E-state index is -0.721. The smallest absolute Gasteiger partial charge is 0.246 e. The van der Waals surface area contributed by atoms with Gasteiger partial charge in [-0.05, 0) is 111 Å². The van der Waals surface area contributed by atoms with E-state index < -0.39 is 47.1 Å². The second-order valence-corrected chi connectivity index (χ2v) is 24.4. The molecule has 2 aromatic carbocycles. The van der Waals surface area contributed by atoms with Crippen molar-refractivity contribution in [1.82, 2.24) is 41.7 Å². The molecule has 8 rings (SSSR count). The Morgan fingerprint density at radius 2 is 1.10 bits per heavy atom. The summed E-state index contributed by atoms with van der Waals surface area (Å²) in [6.45, 7) is 12.9. The third kappa shape index (κ3) is 10.9. The zero-order chi connectivity index (χ0) is 50.1. The van der Waals surface area contributed by atoms with E-state index in [9.17, 15) is 24.0 Å². The van der Waals surface area contributed by atoms with Gasteiger partial charge in [-0.2, -0.15) is 0 Å². The molecule has 5 amide bonds. The van der Waals surface area contributed by atoms with Crippen molar-refractivity contribution < 1.29 is 33.4 Å². The highest BCUT2D eigenvalue weighted by molar-refractivity contribution is 8.00. The van der Waals surface area contributed by atoms with Crippen LogP contribution in [-0.4, -0.2) is 142 Å². The van der Waals surface area contributed by atoms with Crippen LogP contribution in [0.2, 0.25) is 0 Å². The fraction of sp³-hybridized carbons (Fsp3) is 0.654. The molecule has 4 fully saturated rings. The van der Waals surface area contributed by atoms with Crippen LogP contribution in [0.4, 0.5) is 0 Å². The van der Waals surface area contributed by atoms with Crippen LogP contribution in [0.25, 0.3) is 0 Å². The Kier molecular flexibility index (Phi) is 16.6. The zero-order valence-electron chi connectivity index (χ0n) is 42.0. The average Bonchev–Trinajstić information content (AvgIpc) is 3.97. The number of ether oxygens (including phenoxy) is 2. The van der Waals surface area contributed by atoms with E-state index in [1.54, 1.807) is 42.4 Å². The van der Waals surface area contributed by atoms with Crippen molar-refractivity contribution in [3.63, 3.8) is 0 Å². The van der Waals surface area contributed by atoms with E-state index in [0.717, 1.165) is 40.8 Å². The largest absolute Gasteiger partial charge is 0.375 e. The molecule has 0 saturated carbocycles. The first-order chi connectivity index (χ1) is 33.4. The third-order valence-electron chi connectivity index (χ3n) is 15.5. The molecule has 4 heterocycles. The van der Waals surface area contributed by atoms with Gasteiger partial charge in [-0.3, -0.25) is 24.0 Å². The van der Waals surface area contributed by atoms with Gasteiger partial charge >= 0.3 is 0 Å². The quantitative estimate of drug-likeness (QED) is 0.0963. The number of thiocarbonyl (C=S) groups is 1. The number of carbonyl (C=O) groups is 5. The molecule has 0 bridgehead atoms. The monoisotopic (exact) mass is 1020 g/mol. The van der Waals surface area contributed by atoms with Gasteiger partial charge in [-0.15, -0.1) is 23.5 Å². The number of thioether (sulfide) groups is 2. The number of carbonyl (C=O) groups excluding carboxylic acids is 5. The molecule has 0 unspecified atom stereocenters. The summed E-state index contributed by atoms with van der Waals surface area (Å²) in [4.78, 5) is 74.9. The molecule has 4 saturated heterocycles. The van der Waals surface area contributed by atoms with Gasteiger partial charge in [0.2, 0.25) is 29.5 Å². The van der Waals surface area contributed by atoms with E-state index in [1.807, 2.05) is 49.2 Å². The van der Waals surface area contributed by atoms with Crippen LogP contribution < -0.4 is 31.9 Å². The van der Waals surface area contributed by atoms with Crippen molar-refractivity contribution in [2.45, 2.75) is 164 Å². The lowest BCUT2D eigenvalue weighted by Crippen LogP contribution is -2.58. The molecule has 2 aromatic rings. The van der Waals surface area contributed by atoms with Crippen molar-refractivity contribution in [1.29, 1.82) is 0 Å². The number of hydrogen-bond donors (Lipinski definition) is 6. The summed E-state index contributed by atoms with van der Waals surface area (Å²) in [5.41, 5.74) is 3.36. The maximum atomic E-state index is 14.7. The van der Waals surface area contributed by atoms with Crippen LogP contribution in [0.15, 0.2) is 48.5 Å². The SMILES string of the molecule is CN[C@@H](C)C(=O)N[C@H]1CCS[C@H]2CC(C)(C)[C@@H](C(=O)N[C@H]3c4ccccc4C[C@H]3OCCCCO[C@@H]3Cc4ccccc4[C@@H]3NC(=O)[C@H]3N4C(=O)[C@@H](NC(=S)[C@H](C)NC)CCS[C@H]4CC3(C)C)N2C1=O. The Labute approximate surface area is 428 Å². The summed E-state index contributed by atoms with van der Waals surface area (Å²) in [5, 5.41) is 18.9. The minimum Gasteiger partial charge on any atom is -0.375 e. The highest BCUT2D eigenvalue weighted by Crippen LogP contribution is 2.48. The van der Waals surface area contributed by atoms with Crippen LogP contribution >= 0.6 is 35.7 Å². The average molecular weight is 1020 g/mol. The Morgan fingerprint density at radius 3 is 1.54 bits per heavy atom. The van der Waals surface area contributed by atoms with Crippen LogP contribution in [0.5, 0.6) is 0 Å². The Hall–Kier alpha value is -3.78. The topological polar surface area (TPSA) is 182 Å². The molecule has 6 aliphatic rings. The number of fused-ring (bicyclic) bond motifs is 4. The van der Waals surface area contributed by atoms with Crippen molar-refractivity contribution in [2.75, 3.05) is 38.8 Å². The Bertz CT molecular complexity index is 2130. The van der Waals surface area contributed by atoms with Crippen molar-refractivity contribution in [3.05, 3.63) is 70.8 Å². The Balaban J connectivity index is 0.882. The van der Waals surface area contributed by atoms with E-state index >= 15 is 0 Å². The van der Waals surface area contributed by atoms with E-state index in [-0.39, 0.29) is 64.6 Å². The van der Waals surface area contributed by atoms with Gasteiger partial charge in [0.1, 0.15) is 24.2 Å². The number of nitrogens with one attached hydrogen (secondary N) is 6. The molecule has 18 heteroatoms. The maximum absolute atomic E-state index is 14.7. The number of hydrogen-bond acceptors (Lipinski definition) is 12. The lowest BCUT2D eigenvalue weighted by atomic mass is 9.83. The molecule has 15 nitrogen and oxygen atoms in total. The number of benzene rings is 2. The van der Waals surface area contributed by atoms with Gasteiger partial charge in [0.05, 0.1) is 52.1 Å². The third-order valence-corrected chi connectivity index (χ3v) is 18.5. The van der Waals surface area contributed by atoms with Gasteiger partial charge in [0.25, 0.3) is 0 Å². The summed E-state index contributed by atoms with van der Waals surface area (Å²) in [7, 11) is 3.55. The first kappa shape index (κ1) is 52.5. The van der Waals surface area contributed by atoms with Gasteiger partial charge < -0.3 is 51.2 Å². The van der Waals surface area contributed by atoms with E-state index in [1.165, 1.54) is 0 Å². The molecule has 0 radical (unpaired) electrons. The molecule has 0 aromatic heterocycles. The highest BCUT2D eigenvalue weighted by atomic mass is 32.2. The minimum absolute atomic E-state index is 0.0839. The van der Waals surface area contributed by atoms with Gasteiger partial charge in [0, 0.05) is 26.1 Å². The van der Waals surface area contributed by atoms with Gasteiger partial charge in [-0.1, -0.05) is 88.4 Å². The van der Waals surface area contributed by atoms with Crippen molar-refractivity contribution in [3.8, 4) is 0 Å². The number of amides is 5. The molecular weight excluding hydrogens is 945 g/mol. The Morgan fingerprint density at radius 1 is 0.671 bits per heavy atom. The van der Waals surface area contributed by atoms with Crippen LogP contribution in [0.1, 0.15) is 114 Å². The molecular formula is C52H74N8O7S3. The first-order valence-corrected chi connectivity index (χ1v) is 27.8. The summed E-state index contributed by atoms with van der Waals surface area (Å²) in [6, 6.07) is 12.4. The first-order valence-electron chi connectivity index (χ1n) is 25.3. The molecule has 382 valence electrons. The van der Waals surface area contributed by atoms with Crippen LogP contribution in [0, 0.1) is 10.8 Å². The van der Waals surface area contributed by atoms with Gasteiger partial charge in [0.15, 0.2) is 0 Å². The molecule has 70 heavy (non-hydrogen) atoms. The second-order valence-electron chi connectivity index (χ2n) is 21.4. The maximum Gasteiger partial charge on any atom is 0.246 e. The number of nitrogens with zero attached hydrogens (tertiary/aromatic N) is 2. The normalized spacial score (nSPS) is 30.5. The summed E-state index contributed by atoms with van der Waals surface area (Å²) >= 11 is 9.06. The lowest BCUT2D eigenvalue weighted by molar-refractivity contribution is -0.144. The van der Waals surface area contributed by atoms with Crippen molar-refractivity contribution >= 4 is 70.3 Å². The number of rotatable bonds is 17.